The van der Waals surface area contributed by atoms with Crippen LogP contribution in [-0.2, 0) is 19.1 Å². The number of hydrogen-bond acceptors (Lipinski definition) is 5. The zero-order valence-electron chi connectivity index (χ0n) is 13.4. The van der Waals surface area contributed by atoms with Crippen molar-refractivity contribution in [3.8, 4) is 0 Å². The lowest BCUT2D eigenvalue weighted by atomic mass is 9.64. The molecule has 1 N–H and O–H groups in total. The van der Waals surface area contributed by atoms with Crippen molar-refractivity contribution >= 4 is 11.9 Å². The maximum atomic E-state index is 12.0. The van der Waals surface area contributed by atoms with E-state index in [1.165, 1.54) is 6.92 Å². The predicted octanol–water partition coefficient (Wildman–Crippen LogP) is 1.98. The van der Waals surface area contributed by atoms with Gasteiger partial charge in [0.15, 0.2) is 0 Å². The second kappa shape index (κ2) is 4.82. The van der Waals surface area contributed by atoms with Gasteiger partial charge in [-0.1, -0.05) is 13.5 Å². The smallest absolute Gasteiger partial charge is 0.334 e. The van der Waals surface area contributed by atoms with Crippen molar-refractivity contribution in [2.75, 3.05) is 0 Å². The quantitative estimate of drug-likeness (QED) is 0.592. The molecule has 1 saturated heterocycles. The SMILES string of the molecule is C=C1C(=O)O[C@@H]2[C@H]1CC[C@H](C)[C@]1(O)CC[C@H](OC(C)=O)[C@@]21C. The minimum Gasteiger partial charge on any atom is -0.462 e. The number of aliphatic hydroxyl groups is 1. The molecule has 1 aliphatic heterocycles. The Morgan fingerprint density at radius 1 is 1.41 bits per heavy atom. The number of carbonyl (C=O) groups excluding carboxylic acids is 2. The summed E-state index contributed by atoms with van der Waals surface area (Å²) in [6.07, 6.45) is 1.78. The molecule has 1 heterocycles. The molecule has 122 valence electrons. The highest BCUT2D eigenvalue weighted by Crippen LogP contribution is 2.61. The van der Waals surface area contributed by atoms with Gasteiger partial charge in [-0.2, -0.15) is 0 Å². The largest absolute Gasteiger partial charge is 0.462 e. The van der Waals surface area contributed by atoms with Crippen molar-refractivity contribution in [2.45, 2.75) is 64.3 Å². The summed E-state index contributed by atoms with van der Waals surface area (Å²) in [4.78, 5) is 23.5. The first-order valence-electron chi connectivity index (χ1n) is 8.01. The summed E-state index contributed by atoms with van der Waals surface area (Å²) < 4.78 is 11.1. The summed E-state index contributed by atoms with van der Waals surface area (Å²) in [7, 11) is 0. The summed E-state index contributed by atoms with van der Waals surface area (Å²) in [5, 5.41) is 11.4. The van der Waals surface area contributed by atoms with Gasteiger partial charge in [-0.05, 0) is 38.5 Å². The van der Waals surface area contributed by atoms with E-state index in [0.717, 1.165) is 12.8 Å². The molecule has 0 bridgehead atoms. The molecule has 2 saturated carbocycles. The standard InChI is InChI=1S/C17H24O5/c1-9-5-6-12-10(2)15(19)22-14(12)16(4)13(21-11(3)18)7-8-17(9,16)20/h9,12-14,20H,2,5-8H2,1,3-4H3/t9-,12-,13-,14+,16-,17+/m0/s1. The van der Waals surface area contributed by atoms with E-state index in [-0.39, 0.29) is 23.8 Å². The minimum absolute atomic E-state index is 0.0511. The Morgan fingerprint density at radius 3 is 2.73 bits per heavy atom. The van der Waals surface area contributed by atoms with Crippen LogP contribution in [0.5, 0.6) is 0 Å². The van der Waals surface area contributed by atoms with Gasteiger partial charge in [0, 0.05) is 18.4 Å². The Bertz CT molecular complexity index is 541. The molecule has 0 aromatic heterocycles. The molecule has 6 atom stereocenters. The average Bonchev–Trinajstić information content (AvgIpc) is 2.84. The third-order valence-corrected chi connectivity index (χ3v) is 6.32. The maximum absolute atomic E-state index is 12.0. The van der Waals surface area contributed by atoms with Crippen LogP contribution in [0.2, 0.25) is 0 Å². The first-order chi connectivity index (χ1) is 10.2. The molecule has 0 unspecified atom stereocenters. The van der Waals surface area contributed by atoms with E-state index in [0.29, 0.717) is 18.4 Å². The predicted molar refractivity (Wildman–Crippen MR) is 78.8 cm³/mol. The Kier molecular flexibility index (Phi) is 3.40. The fraction of sp³-hybridized carbons (Fsp3) is 0.765. The van der Waals surface area contributed by atoms with Gasteiger partial charge in [0.2, 0.25) is 0 Å². The number of hydrogen-bond donors (Lipinski definition) is 1. The summed E-state index contributed by atoms with van der Waals surface area (Å²) >= 11 is 0. The molecule has 0 radical (unpaired) electrons. The highest BCUT2D eigenvalue weighted by Gasteiger charge is 2.69. The lowest BCUT2D eigenvalue weighted by molar-refractivity contribution is -0.194. The van der Waals surface area contributed by atoms with Crippen LogP contribution in [0.3, 0.4) is 0 Å². The maximum Gasteiger partial charge on any atom is 0.334 e. The van der Waals surface area contributed by atoms with Crippen molar-refractivity contribution < 1.29 is 24.2 Å². The van der Waals surface area contributed by atoms with Crippen LogP contribution in [-0.4, -0.2) is 34.9 Å². The van der Waals surface area contributed by atoms with Crippen LogP contribution in [0.25, 0.3) is 0 Å². The molecule has 0 amide bonds. The lowest BCUT2D eigenvalue weighted by Crippen LogP contribution is -2.58. The molecule has 22 heavy (non-hydrogen) atoms. The van der Waals surface area contributed by atoms with E-state index in [9.17, 15) is 14.7 Å². The Labute approximate surface area is 130 Å². The van der Waals surface area contributed by atoms with E-state index in [2.05, 4.69) is 6.58 Å². The zero-order chi connectivity index (χ0) is 16.3. The molecule has 2 aliphatic carbocycles. The van der Waals surface area contributed by atoms with Gasteiger partial charge < -0.3 is 14.6 Å². The summed E-state index contributed by atoms with van der Waals surface area (Å²) in [6.45, 7) is 9.18. The highest BCUT2D eigenvalue weighted by atomic mass is 16.6. The molecule has 0 spiro atoms. The minimum atomic E-state index is -1.00. The van der Waals surface area contributed by atoms with Gasteiger partial charge in [0.1, 0.15) is 12.2 Å². The van der Waals surface area contributed by atoms with Crippen LogP contribution >= 0.6 is 0 Å². The lowest BCUT2D eigenvalue weighted by Gasteiger charge is -2.47. The second-order valence-corrected chi connectivity index (χ2v) is 7.28. The van der Waals surface area contributed by atoms with Crippen molar-refractivity contribution in [1.82, 2.24) is 0 Å². The Morgan fingerprint density at radius 2 is 2.09 bits per heavy atom. The Hall–Kier alpha value is -1.36. The van der Waals surface area contributed by atoms with E-state index >= 15 is 0 Å². The van der Waals surface area contributed by atoms with E-state index in [4.69, 9.17) is 9.47 Å². The van der Waals surface area contributed by atoms with E-state index < -0.39 is 23.2 Å². The van der Waals surface area contributed by atoms with Gasteiger partial charge in [-0.25, -0.2) is 4.79 Å². The Balaban J connectivity index is 2.08. The topological polar surface area (TPSA) is 72.8 Å². The number of esters is 2. The molecule has 5 nitrogen and oxygen atoms in total. The molecule has 5 heteroatoms. The van der Waals surface area contributed by atoms with Gasteiger partial charge in [-0.15, -0.1) is 0 Å². The van der Waals surface area contributed by atoms with Crippen LogP contribution < -0.4 is 0 Å². The zero-order valence-corrected chi connectivity index (χ0v) is 13.4. The fourth-order valence-corrected chi connectivity index (χ4v) is 4.93. The van der Waals surface area contributed by atoms with Crippen molar-refractivity contribution in [3.63, 3.8) is 0 Å². The molecule has 3 fully saturated rings. The first-order valence-corrected chi connectivity index (χ1v) is 8.01. The van der Waals surface area contributed by atoms with E-state index in [1.54, 1.807) is 0 Å². The third kappa shape index (κ3) is 1.81. The monoisotopic (exact) mass is 308 g/mol. The van der Waals surface area contributed by atoms with Crippen molar-refractivity contribution in [1.29, 1.82) is 0 Å². The van der Waals surface area contributed by atoms with Crippen molar-refractivity contribution in [3.05, 3.63) is 12.2 Å². The summed E-state index contributed by atoms with van der Waals surface area (Å²) in [5.74, 6) is -0.811. The first kappa shape index (κ1) is 15.5. The third-order valence-electron chi connectivity index (χ3n) is 6.32. The molecular weight excluding hydrogens is 284 g/mol. The van der Waals surface area contributed by atoms with Crippen LogP contribution in [0, 0.1) is 17.3 Å². The molecule has 3 rings (SSSR count). The highest BCUT2D eigenvalue weighted by molar-refractivity contribution is 5.91. The second-order valence-electron chi connectivity index (χ2n) is 7.28. The van der Waals surface area contributed by atoms with Crippen LogP contribution in [0.4, 0.5) is 0 Å². The fourth-order valence-electron chi connectivity index (χ4n) is 4.93. The average molecular weight is 308 g/mol. The van der Waals surface area contributed by atoms with Gasteiger partial charge in [0.05, 0.1) is 11.0 Å². The number of fused-ring (bicyclic) bond motifs is 3. The molecule has 0 aromatic carbocycles. The molecule has 3 aliphatic rings. The summed E-state index contributed by atoms with van der Waals surface area (Å²) in [6, 6.07) is 0. The normalized spacial score (nSPS) is 47.5. The molecular formula is C17H24O5. The van der Waals surface area contributed by atoms with E-state index in [1.807, 2.05) is 13.8 Å². The number of ether oxygens (including phenoxy) is 2. The van der Waals surface area contributed by atoms with Gasteiger partial charge in [0.25, 0.3) is 0 Å². The van der Waals surface area contributed by atoms with Gasteiger partial charge >= 0.3 is 11.9 Å². The van der Waals surface area contributed by atoms with Crippen LogP contribution in [0.15, 0.2) is 12.2 Å². The van der Waals surface area contributed by atoms with Crippen LogP contribution in [0.1, 0.15) is 46.5 Å². The number of carbonyl (C=O) groups is 2. The summed E-state index contributed by atoms with van der Waals surface area (Å²) in [5.41, 5.74) is -1.32. The molecule has 0 aromatic rings. The van der Waals surface area contributed by atoms with Gasteiger partial charge in [-0.3, -0.25) is 4.79 Å². The van der Waals surface area contributed by atoms with Crippen molar-refractivity contribution in [2.24, 2.45) is 17.3 Å². The number of rotatable bonds is 1.